The van der Waals surface area contributed by atoms with Crippen LogP contribution in [-0.4, -0.2) is 26.6 Å². The summed E-state index contributed by atoms with van der Waals surface area (Å²) >= 11 is 0. The van der Waals surface area contributed by atoms with E-state index in [9.17, 15) is 0 Å². The molecule has 0 radical (unpaired) electrons. The summed E-state index contributed by atoms with van der Waals surface area (Å²) in [5, 5.41) is 12.2. The minimum atomic E-state index is 0.268. The van der Waals surface area contributed by atoms with Crippen LogP contribution < -0.4 is 5.32 Å². The average Bonchev–Trinajstić information content (AvgIpc) is 2.95. The average molecular weight is 261 g/mol. The molecule has 1 unspecified atom stereocenters. The lowest BCUT2D eigenvalue weighted by Gasteiger charge is -2.18. The molecule has 104 valence electrons. The summed E-state index contributed by atoms with van der Waals surface area (Å²) in [6.45, 7) is 7.21. The monoisotopic (exact) mass is 261 g/mol. The van der Waals surface area contributed by atoms with Gasteiger partial charge < -0.3 is 5.32 Å². The van der Waals surface area contributed by atoms with Crippen LogP contribution in [0.25, 0.3) is 0 Å². The normalized spacial score (nSPS) is 12.9. The zero-order valence-electron chi connectivity index (χ0n) is 12.4. The van der Waals surface area contributed by atoms with Crippen molar-refractivity contribution in [1.29, 1.82) is 0 Å². The summed E-state index contributed by atoms with van der Waals surface area (Å²) in [4.78, 5) is 0. The van der Waals surface area contributed by atoms with Gasteiger partial charge in [0.15, 0.2) is 0 Å². The van der Waals surface area contributed by atoms with Gasteiger partial charge in [-0.25, -0.2) is 0 Å². The molecule has 0 aliphatic rings. The number of nitrogens with one attached hydrogen (secondary N) is 1. The molecule has 0 saturated heterocycles. The van der Waals surface area contributed by atoms with Gasteiger partial charge in [-0.2, -0.15) is 10.2 Å². The van der Waals surface area contributed by atoms with Crippen LogP contribution in [0.5, 0.6) is 0 Å². The maximum Gasteiger partial charge on any atom is 0.0629 e. The Balaban J connectivity index is 2.29. The molecule has 0 saturated carbocycles. The summed E-state index contributed by atoms with van der Waals surface area (Å²) < 4.78 is 4.00. The molecule has 0 bridgehead atoms. The Morgan fingerprint density at radius 2 is 2.11 bits per heavy atom. The third-order valence-corrected chi connectivity index (χ3v) is 3.82. The van der Waals surface area contributed by atoms with Gasteiger partial charge in [-0.15, -0.1) is 0 Å². The van der Waals surface area contributed by atoms with Crippen molar-refractivity contribution in [3.63, 3.8) is 0 Å². The van der Waals surface area contributed by atoms with E-state index in [4.69, 9.17) is 0 Å². The van der Waals surface area contributed by atoms with E-state index in [1.807, 2.05) is 29.7 Å². The van der Waals surface area contributed by atoms with Crippen molar-refractivity contribution in [2.24, 2.45) is 7.05 Å². The van der Waals surface area contributed by atoms with E-state index in [1.54, 1.807) is 0 Å². The molecule has 0 spiro atoms. The lowest BCUT2D eigenvalue weighted by atomic mass is 10.0. The highest BCUT2D eigenvalue weighted by Crippen LogP contribution is 2.22. The summed E-state index contributed by atoms with van der Waals surface area (Å²) in [7, 11) is 4.00. The fourth-order valence-electron chi connectivity index (χ4n) is 2.57. The van der Waals surface area contributed by atoms with Gasteiger partial charge in [-0.05, 0) is 45.9 Å². The fraction of sp³-hybridized carbons (Fsp3) is 0.571. The SMILES string of the molecule is CCn1nccc1C(Cc1c(C)nn(C)c1C)NC. The lowest BCUT2D eigenvalue weighted by Crippen LogP contribution is -2.22. The molecule has 0 aromatic carbocycles. The lowest BCUT2D eigenvalue weighted by molar-refractivity contribution is 0.512. The molecule has 0 aliphatic carbocycles. The first-order valence-corrected chi connectivity index (χ1v) is 6.76. The van der Waals surface area contributed by atoms with Crippen molar-refractivity contribution in [2.45, 2.75) is 39.8 Å². The van der Waals surface area contributed by atoms with Gasteiger partial charge in [-0.3, -0.25) is 9.36 Å². The highest BCUT2D eigenvalue weighted by Gasteiger charge is 2.18. The van der Waals surface area contributed by atoms with Crippen LogP contribution in [0.15, 0.2) is 12.3 Å². The molecule has 2 aromatic rings. The summed E-state index contributed by atoms with van der Waals surface area (Å²) in [6, 6.07) is 2.36. The predicted octanol–water partition coefficient (Wildman–Crippen LogP) is 1.76. The van der Waals surface area contributed by atoms with Gasteiger partial charge in [0, 0.05) is 25.5 Å². The molecule has 0 fully saturated rings. The number of aromatic nitrogens is 4. The first kappa shape index (κ1) is 13.8. The zero-order chi connectivity index (χ0) is 14.0. The molecule has 1 atom stereocenters. The highest BCUT2D eigenvalue weighted by atomic mass is 15.3. The molecule has 19 heavy (non-hydrogen) atoms. The maximum absolute atomic E-state index is 4.49. The van der Waals surface area contributed by atoms with Gasteiger partial charge >= 0.3 is 0 Å². The van der Waals surface area contributed by atoms with E-state index in [0.717, 1.165) is 18.7 Å². The smallest absolute Gasteiger partial charge is 0.0629 e. The molecule has 5 heteroatoms. The number of nitrogens with zero attached hydrogens (tertiary/aromatic N) is 4. The van der Waals surface area contributed by atoms with E-state index in [-0.39, 0.29) is 6.04 Å². The van der Waals surface area contributed by atoms with Crippen molar-refractivity contribution >= 4 is 0 Å². The minimum absolute atomic E-state index is 0.268. The van der Waals surface area contributed by atoms with Gasteiger partial charge in [0.05, 0.1) is 17.4 Å². The summed E-state index contributed by atoms with van der Waals surface area (Å²) in [6.07, 6.45) is 2.81. The number of hydrogen-bond acceptors (Lipinski definition) is 3. The van der Waals surface area contributed by atoms with E-state index < -0.39 is 0 Å². The van der Waals surface area contributed by atoms with Crippen molar-refractivity contribution in [3.05, 3.63) is 34.9 Å². The van der Waals surface area contributed by atoms with E-state index >= 15 is 0 Å². The Morgan fingerprint density at radius 1 is 1.37 bits per heavy atom. The van der Waals surface area contributed by atoms with Crippen LogP contribution in [-0.2, 0) is 20.0 Å². The number of rotatable bonds is 5. The zero-order valence-corrected chi connectivity index (χ0v) is 12.4. The third kappa shape index (κ3) is 2.56. The van der Waals surface area contributed by atoms with Crippen LogP contribution in [0.4, 0.5) is 0 Å². The Morgan fingerprint density at radius 3 is 2.63 bits per heavy atom. The Hall–Kier alpha value is -1.62. The predicted molar refractivity (Wildman–Crippen MR) is 76.1 cm³/mol. The number of aryl methyl sites for hydroxylation is 3. The standard InChI is InChI=1S/C14H23N5/c1-6-19-14(7-8-16-19)13(15-4)9-12-10(2)17-18(5)11(12)3/h7-8,13,15H,6,9H2,1-5H3. The number of hydrogen-bond donors (Lipinski definition) is 1. The minimum Gasteiger partial charge on any atom is -0.311 e. The largest absolute Gasteiger partial charge is 0.311 e. The van der Waals surface area contributed by atoms with Gasteiger partial charge in [0.25, 0.3) is 0 Å². The quantitative estimate of drug-likeness (QED) is 0.892. The van der Waals surface area contributed by atoms with Crippen LogP contribution in [0.2, 0.25) is 0 Å². The second-order valence-corrected chi connectivity index (χ2v) is 4.89. The Kier molecular flexibility index (Phi) is 4.04. The second-order valence-electron chi connectivity index (χ2n) is 4.89. The van der Waals surface area contributed by atoms with E-state index in [0.29, 0.717) is 0 Å². The van der Waals surface area contributed by atoms with Gasteiger partial charge in [0.1, 0.15) is 0 Å². The molecule has 2 rings (SSSR count). The summed E-state index contributed by atoms with van der Waals surface area (Å²) in [5.74, 6) is 0. The summed E-state index contributed by atoms with van der Waals surface area (Å²) in [5.41, 5.74) is 4.90. The Bertz CT molecular complexity index is 552. The van der Waals surface area contributed by atoms with Crippen LogP contribution >= 0.6 is 0 Å². The van der Waals surface area contributed by atoms with Crippen LogP contribution in [0.3, 0.4) is 0 Å². The highest BCUT2D eigenvalue weighted by molar-refractivity contribution is 5.27. The maximum atomic E-state index is 4.49. The van der Waals surface area contributed by atoms with Crippen molar-refractivity contribution in [2.75, 3.05) is 7.05 Å². The van der Waals surface area contributed by atoms with E-state index in [1.165, 1.54) is 17.0 Å². The van der Waals surface area contributed by atoms with Crippen LogP contribution in [0.1, 0.15) is 35.6 Å². The van der Waals surface area contributed by atoms with Crippen molar-refractivity contribution < 1.29 is 0 Å². The third-order valence-electron chi connectivity index (χ3n) is 3.82. The molecular formula is C14H23N5. The molecule has 2 heterocycles. The first-order valence-electron chi connectivity index (χ1n) is 6.76. The van der Waals surface area contributed by atoms with Crippen molar-refractivity contribution in [1.82, 2.24) is 24.9 Å². The first-order chi connectivity index (χ1) is 9.08. The van der Waals surface area contributed by atoms with Crippen molar-refractivity contribution in [3.8, 4) is 0 Å². The van der Waals surface area contributed by atoms with Crippen LogP contribution in [0, 0.1) is 13.8 Å². The topological polar surface area (TPSA) is 47.7 Å². The van der Waals surface area contributed by atoms with Gasteiger partial charge in [0.2, 0.25) is 0 Å². The fourth-order valence-corrected chi connectivity index (χ4v) is 2.57. The molecule has 5 nitrogen and oxygen atoms in total. The number of likely N-dealkylation sites (N-methyl/N-ethyl adjacent to an activating group) is 1. The second kappa shape index (κ2) is 5.57. The van der Waals surface area contributed by atoms with Gasteiger partial charge in [-0.1, -0.05) is 0 Å². The molecular weight excluding hydrogens is 238 g/mol. The molecule has 0 amide bonds. The van der Waals surface area contributed by atoms with E-state index in [2.05, 4.69) is 42.4 Å². The molecule has 2 aromatic heterocycles. The Labute approximate surface area is 114 Å². The molecule has 0 aliphatic heterocycles. The molecule has 1 N–H and O–H groups in total.